The maximum Gasteiger partial charge on any atom is 0.264 e. The van der Waals surface area contributed by atoms with Gasteiger partial charge in [0, 0.05) is 91.5 Å². The number of unbranched alkanes of at least 4 members (excludes halogenated alkanes) is 2. The Kier molecular flexibility index (Phi) is 13.4. The number of hydrogen-bond donors (Lipinski definition) is 3. The molecule has 3 heterocycles. The molecule has 17 heteroatoms. The van der Waals surface area contributed by atoms with E-state index in [1.807, 2.05) is 0 Å². The minimum atomic E-state index is -1.03. The maximum absolute atomic E-state index is 13.6. The van der Waals surface area contributed by atoms with Crippen molar-refractivity contribution in [3.63, 3.8) is 0 Å². The predicted molar refractivity (Wildman–Crippen MR) is 214 cm³/mol. The number of piperidine rings is 1. The number of imide groups is 2. The highest BCUT2D eigenvalue weighted by molar-refractivity contribution is 6.38. The second kappa shape index (κ2) is 18.4. The van der Waals surface area contributed by atoms with Crippen molar-refractivity contribution in [3.8, 4) is 16.9 Å². The van der Waals surface area contributed by atoms with Crippen LogP contribution in [0.25, 0.3) is 11.1 Å². The summed E-state index contributed by atoms with van der Waals surface area (Å²) >= 11 is 19.2. The first-order valence-electron chi connectivity index (χ1n) is 18.6. The zero-order valence-electron chi connectivity index (χ0n) is 31.1. The molecule has 1 atom stereocenters. The van der Waals surface area contributed by atoms with Gasteiger partial charge in [-0.2, -0.15) is 0 Å². The highest BCUT2D eigenvalue weighted by Crippen LogP contribution is 2.39. The van der Waals surface area contributed by atoms with Crippen LogP contribution in [0.15, 0.2) is 48.5 Å². The number of carbonyl (C=O) groups excluding carboxylic acids is 7. The summed E-state index contributed by atoms with van der Waals surface area (Å²) in [6.07, 6.45) is 2.38. The molecular weight excluding hydrogens is 799 g/mol. The van der Waals surface area contributed by atoms with Crippen LogP contribution in [0.3, 0.4) is 0 Å². The Morgan fingerprint density at radius 2 is 1.53 bits per heavy atom. The Labute approximate surface area is 344 Å². The van der Waals surface area contributed by atoms with Crippen molar-refractivity contribution in [1.29, 1.82) is 0 Å². The van der Waals surface area contributed by atoms with Crippen LogP contribution in [0.4, 0.5) is 5.69 Å². The minimum Gasteiger partial charge on any atom is -0.496 e. The second-order valence-electron chi connectivity index (χ2n) is 13.8. The van der Waals surface area contributed by atoms with Crippen LogP contribution < -0.4 is 20.7 Å². The molecule has 3 aromatic rings. The number of amides is 7. The lowest BCUT2D eigenvalue weighted by molar-refractivity contribution is -0.136. The van der Waals surface area contributed by atoms with E-state index in [-0.39, 0.29) is 54.5 Å². The molecule has 0 aromatic heterocycles. The van der Waals surface area contributed by atoms with Crippen molar-refractivity contribution < 1.29 is 38.3 Å². The zero-order valence-corrected chi connectivity index (χ0v) is 33.4. The highest BCUT2D eigenvalue weighted by Gasteiger charge is 2.45. The van der Waals surface area contributed by atoms with Gasteiger partial charge >= 0.3 is 0 Å². The Morgan fingerprint density at radius 1 is 0.807 bits per heavy atom. The number of hydrogen-bond acceptors (Lipinski definition) is 9. The monoisotopic (exact) mass is 838 g/mol. The van der Waals surface area contributed by atoms with Crippen LogP contribution in [0.1, 0.15) is 76.0 Å². The summed E-state index contributed by atoms with van der Waals surface area (Å²) in [5.41, 5.74) is 2.31. The molecule has 2 fully saturated rings. The van der Waals surface area contributed by atoms with Crippen molar-refractivity contribution >= 4 is 81.8 Å². The number of anilines is 1. The molecule has 57 heavy (non-hydrogen) atoms. The number of ether oxygens (including phenoxy) is 1. The summed E-state index contributed by atoms with van der Waals surface area (Å²) in [5, 5.41) is 9.49. The summed E-state index contributed by atoms with van der Waals surface area (Å²) in [5.74, 6) is -2.60. The molecule has 0 spiro atoms. The molecule has 3 N–H and O–H groups in total. The Balaban J connectivity index is 0.891. The lowest BCUT2D eigenvalue weighted by Gasteiger charge is -2.35. The number of nitrogens with one attached hydrogen (secondary N) is 3. The molecular formula is C40H41Cl3N6O8. The van der Waals surface area contributed by atoms with E-state index in [4.69, 9.17) is 39.5 Å². The third-order valence-electron chi connectivity index (χ3n) is 10.2. The predicted octanol–water partition coefficient (Wildman–Crippen LogP) is 5.19. The molecule has 2 saturated heterocycles. The summed E-state index contributed by atoms with van der Waals surface area (Å²) in [6, 6.07) is 12.1. The molecule has 6 rings (SSSR count). The van der Waals surface area contributed by atoms with Gasteiger partial charge in [-0.3, -0.25) is 43.8 Å². The second-order valence-corrected chi connectivity index (χ2v) is 15.1. The number of benzene rings is 3. The van der Waals surface area contributed by atoms with E-state index in [1.165, 1.54) is 7.11 Å². The third kappa shape index (κ3) is 9.35. The Hall–Kier alpha value is -5.18. The highest BCUT2D eigenvalue weighted by atomic mass is 35.5. The molecule has 300 valence electrons. The zero-order chi connectivity index (χ0) is 40.8. The van der Waals surface area contributed by atoms with Gasteiger partial charge in [-0.15, -0.1) is 0 Å². The first kappa shape index (κ1) is 41.5. The van der Waals surface area contributed by atoms with Gasteiger partial charge in [0.15, 0.2) is 0 Å². The smallest absolute Gasteiger partial charge is 0.264 e. The first-order chi connectivity index (χ1) is 27.4. The molecule has 0 aliphatic carbocycles. The fourth-order valence-corrected chi connectivity index (χ4v) is 7.78. The third-order valence-corrected chi connectivity index (χ3v) is 11.1. The van der Waals surface area contributed by atoms with Crippen LogP contribution in [0, 0.1) is 0 Å². The normalized spacial score (nSPS) is 16.7. The van der Waals surface area contributed by atoms with E-state index in [2.05, 4.69) is 16.0 Å². The number of methoxy groups -OCH3 is 1. The number of rotatable bonds is 14. The van der Waals surface area contributed by atoms with Crippen molar-refractivity contribution in [1.82, 2.24) is 25.3 Å². The molecule has 1 unspecified atom stereocenters. The van der Waals surface area contributed by atoms with Crippen LogP contribution in [-0.4, -0.2) is 108 Å². The largest absolute Gasteiger partial charge is 0.496 e. The topological polar surface area (TPSA) is 175 Å². The van der Waals surface area contributed by atoms with E-state index < -0.39 is 29.7 Å². The molecule has 3 aliphatic rings. The molecule has 0 radical (unpaired) electrons. The fraction of sp³-hybridized carbons (Fsp3) is 0.375. The van der Waals surface area contributed by atoms with Gasteiger partial charge < -0.3 is 25.2 Å². The van der Waals surface area contributed by atoms with Crippen LogP contribution in [0.5, 0.6) is 5.75 Å². The van der Waals surface area contributed by atoms with Gasteiger partial charge in [0.25, 0.3) is 17.7 Å². The number of carbonyl (C=O) groups is 7. The molecule has 0 bridgehead atoms. The summed E-state index contributed by atoms with van der Waals surface area (Å²) in [7, 11) is 1.45. The number of nitrogens with zero attached hydrogens (tertiary/aromatic N) is 3. The Morgan fingerprint density at radius 3 is 2.26 bits per heavy atom. The summed E-state index contributed by atoms with van der Waals surface area (Å²) in [6.45, 7) is 2.17. The molecule has 3 aliphatic heterocycles. The summed E-state index contributed by atoms with van der Waals surface area (Å²) in [4.78, 5) is 93.6. The number of fused-ring (bicyclic) bond motifs is 1. The van der Waals surface area contributed by atoms with Gasteiger partial charge in [0.1, 0.15) is 11.8 Å². The molecule has 14 nitrogen and oxygen atoms in total. The van der Waals surface area contributed by atoms with Crippen molar-refractivity contribution in [2.45, 2.75) is 51.0 Å². The van der Waals surface area contributed by atoms with Crippen molar-refractivity contribution in [2.75, 3.05) is 51.7 Å². The number of piperazine rings is 1. The average molecular weight is 840 g/mol. The fourth-order valence-electron chi connectivity index (χ4n) is 7.14. The quantitative estimate of drug-likeness (QED) is 0.146. The molecule has 3 aromatic carbocycles. The van der Waals surface area contributed by atoms with Gasteiger partial charge in [-0.05, 0) is 62.1 Å². The average Bonchev–Trinajstić information content (AvgIpc) is 3.46. The SMILES string of the molecule is COc1cc(Cl)c(-c2cc(Cl)ccc2Cl)cc1C(=O)N1CCN(C(=O)CCC(=O)NCCCCCNc2cccc3c2C(=O)N(C2CCC(=O)NC2=O)C3=O)CC1. The van der Waals surface area contributed by atoms with E-state index in [0.717, 1.165) is 11.3 Å². The lowest BCUT2D eigenvalue weighted by atomic mass is 10.0. The lowest BCUT2D eigenvalue weighted by Crippen LogP contribution is -2.54. The standard InChI is InChI=1S/C40H41Cl3N6O8/c1-57-32-22-29(43)26(25-20-23(41)8-9-28(25)42)21-27(32)38(54)48-18-16-47(17-19-48)35(52)13-12-33(50)45-15-4-2-3-14-44-30-7-5-6-24-36(30)40(56)49(39(24)55)31-10-11-34(51)46-37(31)53/h5-9,20-22,31,44H,2-4,10-19H2,1H3,(H,45,50)(H,46,51,53). The van der Waals surface area contributed by atoms with Crippen LogP contribution in [-0.2, 0) is 19.2 Å². The maximum atomic E-state index is 13.6. The summed E-state index contributed by atoms with van der Waals surface area (Å²) < 4.78 is 5.48. The van der Waals surface area contributed by atoms with Crippen LogP contribution in [0.2, 0.25) is 15.1 Å². The van der Waals surface area contributed by atoms with Crippen LogP contribution >= 0.6 is 34.8 Å². The Bertz CT molecular complexity index is 2120. The van der Waals surface area contributed by atoms with E-state index in [9.17, 15) is 33.6 Å². The minimum absolute atomic E-state index is 0.0397. The van der Waals surface area contributed by atoms with Crippen molar-refractivity contribution in [3.05, 3.63) is 80.3 Å². The molecule has 0 saturated carbocycles. The van der Waals surface area contributed by atoms with Gasteiger partial charge in [-0.25, -0.2) is 0 Å². The van der Waals surface area contributed by atoms with Gasteiger partial charge in [-0.1, -0.05) is 40.9 Å². The van der Waals surface area contributed by atoms with E-state index in [1.54, 1.807) is 58.3 Å². The van der Waals surface area contributed by atoms with Gasteiger partial charge in [0.05, 0.1) is 28.8 Å². The molecule has 7 amide bonds. The van der Waals surface area contributed by atoms with E-state index >= 15 is 0 Å². The first-order valence-corrected chi connectivity index (χ1v) is 19.8. The van der Waals surface area contributed by atoms with Gasteiger partial charge in [0.2, 0.25) is 23.6 Å². The number of halogens is 3. The van der Waals surface area contributed by atoms with Crippen molar-refractivity contribution in [2.24, 2.45) is 0 Å². The van der Waals surface area contributed by atoms with E-state index in [0.29, 0.717) is 95.3 Å².